The minimum absolute atomic E-state index is 0.675. The normalized spacial score (nSPS) is 25.2. The van der Waals surface area contributed by atoms with E-state index in [0.717, 1.165) is 18.0 Å². The minimum Gasteiger partial charge on any atom is -0.402 e. The van der Waals surface area contributed by atoms with Gasteiger partial charge >= 0.3 is 0 Å². The molecule has 0 aromatic rings. The number of aliphatic imine (C=N–C) groups is 1. The highest BCUT2D eigenvalue weighted by atomic mass is 32.2. The third-order valence-electron chi connectivity index (χ3n) is 2.36. The number of nitrogens with zero attached hydrogens (tertiary/aromatic N) is 1. The molecular weight excluding hydrogens is 168 g/mol. The molecule has 3 heteroatoms. The highest BCUT2D eigenvalue weighted by Crippen LogP contribution is 2.36. The summed E-state index contributed by atoms with van der Waals surface area (Å²) in [4.78, 5) is 4.41. The summed E-state index contributed by atoms with van der Waals surface area (Å²) in [5.41, 5.74) is 8.31. The highest BCUT2D eigenvalue weighted by Gasteiger charge is 2.27. The molecule has 1 aliphatic heterocycles. The van der Waals surface area contributed by atoms with Crippen molar-refractivity contribution >= 4 is 16.8 Å². The fourth-order valence-corrected chi connectivity index (χ4v) is 2.28. The molecule has 0 radical (unpaired) electrons. The van der Waals surface area contributed by atoms with E-state index in [2.05, 4.69) is 11.9 Å². The van der Waals surface area contributed by atoms with Gasteiger partial charge in [0.15, 0.2) is 0 Å². The topological polar surface area (TPSA) is 38.4 Å². The van der Waals surface area contributed by atoms with Crippen LogP contribution in [0, 0.1) is 5.92 Å². The average molecular weight is 182 g/mol. The third-order valence-corrected chi connectivity index (χ3v) is 3.45. The summed E-state index contributed by atoms with van der Waals surface area (Å²) in [5.74, 6) is 1.80. The largest absolute Gasteiger partial charge is 0.402 e. The smallest absolute Gasteiger partial charge is 0.0951 e. The molecule has 1 aliphatic carbocycles. The highest BCUT2D eigenvalue weighted by molar-refractivity contribution is 8.14. The Kier molecular flexibility index (Phi) is 2.13. The Balaban J connectivity index is 2.14. The first-order valence-corrected chi connectivity index (χ1v) is 5.41. The van der Waals surface area contributed by atoms with E-state index in [0.29, 0.717) is 5.92 Å². The Bertz CT molecular complexity index is 251. The monoisotopic (exact) mass is 182 g/mol. The summed E-state index contributed by atoms with van der Waals surface area (Å²) in [6.07, 6.45) is 2.56. The van der Waals surface area contributed by atoms with E-state index >= 15 is 0 Å². The van der Waals surface area contributed by atoms with Gasteiger partial charge in [0.05, 0.1) is 5.04 Å². The van der Waals surface area contributed by atoms with Gasteiger partial charge in [-0.25, -0.2) is 0 Å². The summed E-state index contributed by atoms with van der Waals surface area (Å²) in [5, 5.41) is 1.18. The Hall–Kier alpha value is -0.440. The lowest BCUT2D eigenvalue weighted by Gasteiger charge is -2.04. The van der Waals surface area contributed by atoms with Crippen molar-refractivity contribution in [3.63, 3.8) is 0 Å². The van der Waals surface area contributed by atoms with E-state index in [1.807, 2.05) is 11.8 Å². The van der Waals surface area contributed by atoms with Crippen LogP contribution < -0.4 is 5.73 Å². The van der Waals surface area contributed by atoms with Gasteiger partial charge in [-0.1, -0.05) is 0 Å². The van der Waals surface area contributed by atoms with E-state index in [1.165, 1.54) is 23.5 Å². The van der Waals surface area contributed by atoms with Gasteiger partial charge in [-0.05, 0) is 31.3 Å². The number of allylic oxidation sites excluding steroid dienone is 1. The maximum atomic E-state index is 5.99. The van der Waals surface area contributed by atoms with Crippen LogP contribution in [0.3, 0.4) is 0 Å². The molecule has 1 saturated carbocycles. The van der Waals surface area contributed by atoms with Gasteiger partial charge in [-0.15, -0.1) is 11.8 Å². The van der Waals surface area contributed by atoms with Crippen molar-refractivity contribution in [3.05, 3.63) is 11.3 Å². The second-order valence-electron chi connectivity index (χ2n) is 3.39. The molecule has 2 nitrogen and oxygen atoms in total. The predicted octanol–water partition coefficient (Wildman–Crippen LogP) is 1.77. The summed E-state index contributed by atoms with van der Waals surface area (Å²) in [6, 6.07) is 0. The van der Waals surface area contributed by atoms with Crippen molar-refractivity contribution in [2.75, 3.05) is 12.3 Å². The van der Waals surface area contributed by atoms with Gasteiger partial charge in [-0.2, -0.15) is 0 Å². The molecule has 0 aromatic heterocycles. The SMILES string of the molecule is C/C(C1=NCCS1)=C(/N)C1CC1. The summed E-state index contributed by atoms with van der Waals surface area (Å²) in [6.45, 7) is 3.07. The van der Waals surface area contributed by atoms with Crippen LogP contribution in [-0.2, 0) is 0 Å². The second kappa shape index (κ2) is 3.13. The number of hydrogen-bond donors (Lipinski definition) is 1. The molecule has 66 valence electrons. The first-order chi connectivity index (χ1) is 5.79. The quantitative estimate of drug-likeness (QED) is 0.707. The van der Waals surface area contributed by atoms with E-state index < -0.39 is 0 Å². The van der Waals surface area contributed by atoms with Gasteiger partial charge in [-0.3, -0.25) is 4.99 Å². The van der Waals surface area contributed by atoms with Crippen molar-refractivity contribution in [1.29, 1.82) is 0 Å². The molecule has 0 unspecified atom stereocenters. The molecule has 2 N–H and O–H groups in total. The van der Waals surface area contributed by atoms with Crippen LogP contribution in [0.4, 0.5) is 0 Å². The van der Waals surface area contributed by atoms with E-state index in [1.54, 1.807) is 0 Å². The van der Waals surface area contributed by atoms with Crippen molar-refractivity contribution in [2.24, 2.45) is 16.6 Å². The Morgan fingerprint density at radius 3 is 2.83 bits per heavy atom. The van der Waals surface area contributed by atoms with Gasteiger partial charge < -0.3 is 5.73 Å². The number of rotatable bonds is 2. The van der Waals surface area contributed by atoms with E-state index in [-0.39, 0.29) is 0 Å². The van der Waals surface area contributed by atoms with Crippen LogP contribution in [-0.4, -0.2) is 17.3 Å². The molecule has 0 spiro atoms. The lowest BCUT2D eigenvalue weighted by atomic mass is 10.2. The average Bonchev–Trinajstić information content (AvgIpc) is 2.79. The van der Waals surface area contributed by atoms with Crippen LogP contribution >= 0.6 is 11.8 Å². The number of thioether (sulfide) groups is 1. The molecule has 0 atom stereocenters. The van der Waals surface area contributed by atoms with Crippen LogP contribution in [0.5, 0.6) is 0 Å². The zero-order valence-corrected chi connectivity index (χ0v) is 8.16. The lowest BCUT2D eigenvalue weighted by molar-refractivity contribution is 0.964. The fourth-order valence-electron chi connectivity index (χ4n) is 1.39. The lowest BCUT2D eigenvalue weighted by Crippen LogP contribution is -2.07. The minimum atomic E-state index is 0.675. The van der Waals surface area contributed by atoms with Crippen LogP contribution in [0.15, 0.2) is 16.3 Å². The molecule has 0 bridgehead atoms. The Morgan fingerprint density at radius 1 is 1.58 bits per heavy atom. The standard InChI is InChI=1S/C9H14N2S/c1-6(8(10)7-2-3-7)9-11-4-5-12-9/h7H,2-5,10H2,1H3/b8-6-. The van der Waals surface area contributed by atoms with Crippen molar-refractivity contribution in [1.82, 2.24) is 0 Å². The summed E-state index contributed by atoms with van der Waals surface area (Å²) < 4.78 is 0. The Labute approximate surface area is 77.3 Å². The zero-order valence-electron chi connectivity index (χ0n) is 7.34. The van der Waals surface area contributed by atoms with Gasteiger partial charge in [0.25, 0.3) is 0 Å². The van der Waals surface area contributed by atoms with Crippen molar-refractivity contribution in [2.45, 2.75) is 19.8 Å². The van der Waals surface area contributed by atoms with Gasteiger partial charge in [0.2, 0.25) is 0 Å². The summed E-state index contributed by atoms with van der Waals surface area (Å²) in [7, 11) is 0. The molecule has 1 heterocycles. The van der Waals surface area contributed by atoms with Crippen LogP contribution in [0.1, 0.15) is 19.8 Å². The van der Waals surface area contributed by atoms with Gasteiger partial charge in [0, 0.05) is 18.0 Å². The number of nitrogens with two attached hydrogens (primary N) is 1. The fraction of sp³-hybridized carbons (Fsp3) is 0.667. The molecule has 2 rings (SSSR count). The predicted molar refractivity (Wildman–Crippen MR) is 54.4 cm³/mol. The number of hydrogen-bond acceptors (Lipinski definition) is 3. The third kappa shape index (κ3) is 1.51. The zero-order chi connectivity index (χ0) is 8.55. The van der Waals surface area contributed by atoms with Crippen LogP contribution in [0.2, 0.25) is 0 Å². The molecule has 12 heavy (non-hydrogen) atoms. The first kappa shape index (κ1) is 8.17. The van der Waals surface area contributed by atoms with Crippen LogP contribution in [0.25, 0.3) is 0 Å². The van der Waals surface area contributed by atoms with Crippen molar-refractivity contribution in [3.8, 4) is 0 Å². The molecule has 2 aliphatic rings. The maximum Gasteiger partial charge on any atom is 0.0951 e. The second-order valence-corrected chi connectivity index (χ2v) is 4.47. The first-order valence-electron chi connectivity index (χ1n) is 4.43. The summed E-state index contributed by atoms with van der Waals surface area (Å²) >= 11 is 1.84. The van der Waals surface area contributed by atoms with E-state index in [4.69, 9.17) is 5.73 Å². The van der Waals surface area contributed by atoms with Crippen molar-refractivity contribution < 1.29 is 0 Å². The van der Waals surface area contributed by atoms with E-state index in [9.17, 15) is 0 Å². The Morgan fingerprint density at radius 2 is 2.33 bits per heavy atom. The molecule has 0 amide bonds. The molecule has 1 fully saturated rings. The maximum absolute atomic E-state index is 5.99. The molecule has 0 aromatic carbocycles. The molecule has 0 saturated heterocycles. The molecular formula is C9H14N2S. The van der Waals surface area contributed by atoms with Gasteiger partial charge in [0.1, 0.15) is 0 Å².